The molecule has 1 aromatic heterocycles. The van der Waals surface area contributed by atoms with Gasteiger partial charge in [0.05, 0.1) is 5.69 Å². The van der Waals surface area contributed by atoms with E-state index in [2.05, 4.69) is 5.16 Å². The maximum atomic E-state index is 11.0. The Balaban J connectivity index is 2.29. The zero-order chi connectivity index (χ0) is 10.8. The van der Waals surface area contributed by atoms with Crippen molar-refractivity contribution in [2.24, 2.45) is 5.73 Å². The maximum absolute atomic E-state index is 11.0. The van der Waals surface area contributed by atoms with Crippen molar-refractivity contribution < 1.29 is 14.4 Å². The summed E-state index contributed by atoms with van der Waals surface area (Å²) in [4.78, 5) is 11.0. The molecule has 0 aromatic carbocycles. The van der Waals surface area contributed by atoms with Gasteiger partial charge in [-0.2, -0.15) is 0 Å². The number of hydrogen-bond acceptors (Lipinski definition) is 4. The van der Waals surface area contributed by atoms with Crippen LogP contribution < -0.4 is 5.73 Å². The van der Waals surface area contributed by atoms with Crippen LogP contribution in [0.25, 0.3) is 0 Å². The molecule has 82 valence electrons. The van der Waals surface area contributed by atoms with Gasteiger partial charge in [-0.3, -0.25) is 4.79 Å². The second-order valence-corrected chi connectivity index (χ2v) is 3.79. The van der Waals surface area contributed by atoms with Gasteiger partial charge >= 0.3 is 5.97 Å². The summed E-state index contributed by atoms with van der Waals surface area (Å²) in [6, 6.07) is 0. The monoisotopic (exact) mass is 210 g/mol. The fraction of sp³-hybridized carbons (Fsp3) is 0.600. The molecule has 0 fully saturated rings. The molecule has 0 spiro atoms. The van der Waals surface area contributed by atoms with E-state index >= 15 is 0 Å². The molecule has 0 amide bonds. The van der Waals surface area contributed by atoms with E-state index in [9.17, 15) is 4.79 Å². The van der Waals surface area contributed by atoms with Gasteiger partial charge in [-0.05, 0) is 32.2 Å². The standard InChI is InChI=1S/C10H14N2O3/c11-5-4-7(10(13)14)9-6-2-1-3-8(6)12-15-9/h7H,1-5,11H2,(H,13,14). The number of nitrogens with zero attached hydrogens (tertiary/aromatic N) is 1. The van der Waals surface area contributed by atoms with E-state index in [4.69, 9.17) is 15.4 Å². The molecule has 5 heteroatoms. The summed E-state index contributed by atoms with van der Waals surface area (Å²) in [5, 5.41) is 13.0. The molecule has 1 atom stereocenters. The topological polar surface area (TPSA) is 89.4 Å². The van der Waals surface area contributed by atoms with E-state index in [1.165, 1.54) is 0 Å². The molecule has 0 saturated heterocycles. The third-order valence-corrected chi connectivity index (χ3v) is 2.81. The van der Waals surface area contributed by atoms with E-state index < -0.39 is 11.9 Å². The average Bonchev–Trinajstić information content (AvgIpc) is 2.75. The van der Waals surface area contributed by atoms with Gasteiger partial charge in [0.2, 0.25) is 0 Å². The van der Waals surface area contributed by atoms with E-state index in [0.717, 1.165) is 30.5 Å². The van der Waals surface area contributed by atoms with Crippen molar-refractivity contribution >= 4 is 5.97 Å². The molecule has 0 bridgehead atoms. The van der Waals surface area contributed by atoms with Gasteiger partial charge in [-0.1, -0.05) is 5.16 Å². The largest absolute Gasteiger partial charge is 0.481 e. The minimum atomic E-state index is -0.883. The molecular weight excluding hydrogens is 196 g/mol. The number of rotatable bonds is 4. The third kappa shape index (κ3) is 1.74. The van der Waals surface area contributed by atoms with Crippen molar-refractivity contribution in [3.05, 3.63) is 17.0 Å². The van der Waals surface area contributed by atoms with Crippen LogP contribution in [0.4, 0.5) is 0 Å². The summed E-state index contributed by atoms with van der Waals surface area (Å²) in [5.74, 6) is -1.00. The Hall–Kier alpha value is -1.36. The number of aliphatic carboxylic acids is 1. The molecular formula is C10H14N2O3. The Morgan fingerprint density at radius 3 is 3.07 bits per heavy atom. The fourth-order valence-electron chi connectivity index (χ4n) is 2.06. The lowest BCUT2D eigenvalue weighted by Crippen LogP contribution is -2.16. The predicted molar refractivity (Wildman–Crippen MR) is 52.6 cm³/mol. The second-order valence-electron chi connectivity index (χ2n) is 3.79. The molecule has 3 N–H and O–H groups in total. The summed E-state index contributed by atoms with van der Waals surface area (Å²) < 4.78 is 5.13. The number of fused-ring (bicyclic) bond motifs is 1. The molecule has 0 saturated carbocycles. The third-order valence-electron chi connectivity index (χ3n) is 2.81. The highest BCUT2D eigenvalue weighted by molar-refractivity contribution is 5.75. The van der Waals surface area contributed by atoms with Gasteiger partial charge < -0.3 is 15.4 Å². The van der Waals surface area contributed by atoms with Gasteiger partial charge in [0.1, 0.15) is 5.92 Å². The van der Waals surface area contributed by atoms with Crippen LogP contribution in [0.15, 0.2) is 4.52 Å². The van der Waals surface area contributed by atoms with Gasteiger partial charge in [-0.15, -0.1) is 0 Å². The van der Waals surface area contributed by atoms with Crippen LogP contribution in [-0.2, 0) is 17.6 Å². The Morgan fingerprint density at radius 2 is 2.40 bits per heavy atom. The normalized spacial score (nSPS) is 16.3. The molecule has 15 heavy (non-hydrogen) atoms. The Bertz CT molecular complexity index is 373. The SMILES string of the molecule is NCCC(C(=O)O)c1onc2c1CCC2. The van der Waals surface area contributed by atoms with Crippen LogP contribution in [-0.4, -0.2) is 22.8 Å². The van der Waals surface area contributed by atoms with Crippen LogP contribution in [0, 0.1) is 0 Å². The highest BCUT2D eigenvalue weighted by atomic mass is 16.5. The second kappa shape index (κ2) is 4.02. The van der Waals surface area contributed by atoms with Gasteiger partial charge in [0.15, 0.2) is 5.76 Å². The number of carboxylic acid groups (broad SMARTS) is 1. The van der Waals surface area contributed by atoms with Gasteiger partial charge in [0, 0.05) is 5.56 Å². The maximum Gasteiger partial charge on any atom is 0.314 e. The molecule has 2 rings (SSSR count). The summed E-state index contributed by atoms with van der Waals surface area (Å²) in [7, 11) is 0. The van der Waals surface area contributed by atoms with Gasteiger partial charge in [-0.25, -0.2) is 0 Å². The first-order valence-corrected chi connectivity index (χ1v) is 5.14. The number of carbonyl (C=O) groups is 1. The predicted octanol–water partition coefficient (Wildman–Crippen LogP) is 0.680. The Kier molecular flexibility index (Phi) is 2.73. The lowest BCUT2D eigenvalue weighted by atomic mass is 9.98. The van der Waals surface area contributed by atoms with E-state index in [1.54, 1.807) is 0 Å². The molecule has 0 radical (unpaired) electrons. The van der Waals surface area contributed by atoms with Gasteiger partial charge in [0.25, 0.3) is 0 Å². The fourth-order valence-corrected chi connectivity index (χ4v) is 2.06. The molecule has 1 heterocycles. The summed E-state index contributed by atoms with van der Waals surface area (Å²) in [6.45, 7) is 0.340. The first kappa shape index (κ1) is 10.2. The van der Waals surface area contributed by atoms with Crippen LogP contribution in [0.1, 0.15) is 35.8 Å². The molecule has 0 aliphatic heterocycles. The number of nitrogens with two attached hydrogens (primary N) is 1. The molecule has 5 nitrogen and oxygen atoms in total. The first-order chi connectivity index (χ1) is 7.24. The van der Waals surface area contributed by atoms with Crippen molar-refractivity contribution in [2.45, 2.75) is 31.6 Å². The lowest BCUT2D eigenvalue weighted by molar-refractivity contribution is -0.139. The average molecular weight is 210 g/mol. The Labute approximate surface area is 87.2 Å². The van der Waals surface area contributed by atoms with Crippen LogP contribution >= 0.6 is 0 Å². The quantitative estimate of drug-likeness (QED) is 0.762. The van der Waals surface area contributed by atoms with E-state index in [1.807, 2.05) is 0 Å². The molecule has 1 aliphatic carbocycles. The highest BCUT2D eigenvalue weighted by Gasteiger charge is 2.30. The summed E-state index contributed by atoms with van der Waals surface area (Å²) >= 11 is 0. The molecule has 1 aliphatic rings. The number of carboxylic acids is 1. The van der Waals surface area contributed by atoms with E-state index in [0.29, 0.717) is 18.7 Å². The van der Waals surface area contributed by atoms with Crippen LogP contribution in [0.3, 0.4) is 0 Å². The minimum Gasteiger partial charge on any atom is -0.481 e. The minimum absolute atomic E-state index is 0.340. The highest BCUT2D eigenvalue weighted by Crippen LogP contribution is 2.31. The Morgan fingerprint density at radius 1 is 1.60 bits per heavy atom. The van der Waals surface area contributed by atoms with Crippen LogP contribution in [0.2, 0.25) is 0 Å². The lowest BCUT2D eigenvalue weighted by Gasteiger charge is -2.08. The first-order valence-electron chi connectivity index (χ1n) is 5.14. The molecule has 1 unspecified atom stereocenters. The zero-order valence-corrected chi connectivity index (χ0v) is 8.40. The summed E-state index contributed by atoms with van der Waals surface area (Å²) in [6.07, 6.45) is 3.21. The van der Waals surface area contributed by atoms with Crippen molar-refractivity contribution in [1.82, 2.24) is 5.16 Å². The molecule has 1 aromatic rings. The number of aromatic nitrogens is 1. The number of aryl methyl sites for hydroxylation is 1. The van der Waals surface area contributed by atoms with E-state index in [-0.39, 0.29) is 0 Å². The van der Waals surface area contributed by atoms with Crippen molar-refractivity contribution in [3.63, 3.8) is 0 Å². The van der Waals surface area contributed by atoms with Crippen molar-refractivity contribution in [3.8, 4) is 0 Å². The van der Waals surface area contributed by atoms with Crippen molar-refractivity contribution in [1.29, 1.82) is 0 Å². The van der Waals surface area contributed by atoms with Crippen molar-refractivity contribution in [2.75, 3.05) is 6.54 Å². The number of hydrogen-bond donors (Lipinski definition) is 2. The summed E-state index contributed by atoms with van der Waals surface area (Å²) in [5.41, 5.74) is 7.31. The van der Waals surface area contributed by atoms with Crippen LogP contribution in [0.5, 0.6) is 0 Å². The smallest absolute Gasteiger partial charge is 0.314 e. The zero-order valence-electron chi connectivity index (χ0n) is 8.40.